The van der Waals surface area contributed by atoms with Gasteiger partial charge in [0.25, 0.3) is 0 Å². The van der Waals surface area contributed by atoms with Gasteiger partial charge in [0, 0.05) is 68.7 Å². The van der Waals surface area contributed by atoms with Crippen LogP contribution in [0.5, 0.6) is 0 Å². The second-order valence-electron chi connectivity index (χ2n) is 9.68. The van der Waals surface area contributed by atoms with Crippen LogP contribution in [0.3, 0.4) is 0 Å². The number of aromatic amines is 1. The summed E-state index contributed by atoms with van der Waals surface area (Å²) in [5.41, 5.74) is 7.20. The first-order chi connectivity index (χ1) is 17.1. The molecular weight excluding hydrogens is 438 g/mol. The maximum absolute atomic E-state index is 12.3. The summed E-state index contributed by atoms with van der Waals surface area (Å²) in [6.07, 6.45) is 8.10. The Morgan fingerprint density at radius 3 is 2.74 bits per heavy atom. The fourth-order valence-corrected chi connectivity index (χ4v) is 4.86. The minimum absolute atomic E-state index is 0.311. The molecule has 0 spiro atoms. The zero-order valence-corrected chi connectivity index (χ0v) is 19.9. The Labute approximate surface area is 204 Å². The van der Waals surface area contributed by atoms with Crippen LogP contribution in [-0.4, -0.2) is 66.8 Å². The van der Waals surface area contributed by atoms with Crippen molar-refractivity contribution in [3.63, 3.8) is 0 Å². The molecule has 6 rings (SSSR count). The summed E-state index contributed by atoms with van der Waals surface area (Å²) < 4.78 is 0. The molecule has 8 nitrogen and oxygen atoms in total. The van der Waals surface area contributed by atoms with Crippen molar-refractivity contribution in [1.29, 1.82) is 0 Å². The number of imidazole rings is 1. The molecule has 4 aromatic rings. The van der Waals surface area contributed by atoms with Gasteiger partial charge in [0.2, 0.25) is 5.91 Å². The zero-order chi connectivity index (χ0) is 23.8. The van der Waals surface area contributed by atoms with Gasteiger partial charge in [-0.05, 0) is 55.2 Å². The van der Waals surface area contributed by atoms with Crippen molar-refractivity contribution in [3.8, 4) is 11.3 Å². The molecule has 1 aliphatic carbocycles. The fourth-order valence-electron chi connectivity index (χ4n) is 4.86. The van der Waals surface area contributed by atoms with Crippen LogP contribution < -0.4 is 0 Å². The van der Waals surface area contributed by atoms with Crippen molar-refractivity contribution in [3.05, 3.63) is 71.7 Å². The summed E-state index contributed by atoms with van der Waals surface area (Å²) in [5, 5.41) is 0. The molecule has 1 N–H and O–H groups in total. The quantitative estimate of drug-likeness (QED) is 0.468. The second-order valence-corrected chi connectivity index (χ2v) is 9.68. The van der Waals surface area contributed by atoms with Gasteiger partial charge in [-0.3, -0.25) is 14.7 Å². The highest BCUT2D eigenvalue weighted by molar-refractivity contribution is 5.82. The third-order valence-corrected chi connectivity index (χ3v) is 6.95. The average Bonchev–Trinajstić information content (AvgIpc) is 3.64. The first-order valence-electron chi connectivity index (χ1n) is 12.3. The smallest absolute Gasteiger partial charge is 0.225 e. The maximum atomic E-state index is 12.3. The standard InChI is InChI=1S/C27H29N7O/c1-18-15-28-17-30-26(18)21-4-5-23-24(13-21)32-25(31-23)14-22-12-19(6-7-29-22)16-33-8-10-34(11-9-33)27(35)20-2-3-20/h4-7,12-13,15,17,20H,2-3,8-11,14,16H2,1H3,(H,31,32). The Morgan fingerprint density at radius 1 is 1.09 bits per heavy atom. The SMILES string of the molecule is Cc1cncnc1-c1ccc2nc(Cc3cc(CN4CCN(C(=O)C5CC5)CC4)ccn3)[nH]c2c1. The number of H-pyrrole nitrogens is 1. The van der Waals surface area contributed by atoms with E-state index in [9.17, 15) is 4.79 Å². The van der Waals surface area contributed by atoms with Crippen LogP contribution in [0.25, 0.3) is 22.3 Å². The Kier molecular flexibility index (Phi) is 5.74. The number of carbonyl (C=O) groups excluding carboxylic acids is 1. The number of pyridine rings is 1. The molecule has 1 saturated heterocycles. The van der Waals surface area contributed by atoms with Crippen LogP contribution in [0.2, 0.25) is 0 Å². The van der Waals surface area contributed by atoms with Gasteiger partial charge in [0.15, 0.2) is 0 Å². The summed E-state index contributed by atoms with van der Waals surface area (Å²) in [7, 11) is 0. The lowest BCUT2D eigenvalue weighted by Crippen LogP contribution is -2.48. The normalized spacial score (nSPS) is 16.7. The van der Waals surface area contributed by atoms with Crippen LogP contribution in [0.15, 0.2) is 49.1 Å². The van der Waals surface area contributed by atoms with Gasteiger partial charge in [-0.2, -0.15) is 0 Å². The largest absolute Gasteiger partial charge is 0.342 e. The predicted molar refractivity (Wildman–Crippen MR) is 133 cm³/mol. The molecule has 0 unspecified atom stereocenters. The minimum Gasteiger partial charge on any atom is -0.342 e. The van der Waals surface area contributed by atoms with Gasteiger partial charge in [0.1, 0.15) is 12.2 Å². The van der Waals surface area contributed by atoms with E-state index < -0.39 is 0 Å². The van der Waals surface area contributed by atoms with Crippen molar-refractivity contribution in [2.24, 2.45) is 5.92 Å². The van der Waals surface area contributed by atoms with Crippen molar-refractivity contribution in [2.45, 2.75) is 32.7 Å². The van der Waals surface area contributed by atoms with E-state index in [-0.39, 0.29) is 0 Å². The molecule has 8 heteroatoms. The van der Waals surface area contributed by atoms with E-state index in [2.05, 4.69) is 49.1 Å². The number of benzene rings is 1. The van der Waals surface area contributed by atoms with Crippen molar-refractivity contribution < 1.29 is 4.79 Å². The van der Waals surface area contributed by atoms with Crippen LogP contribution in [0.1, 0.15) is 35.5 Å². The lowest BCUT2D eigenvalue weighted by atomic mass is 10.1. The van der Waals surface area contributed by atoms with Gasteiger partial charge in [0.05, 0.1) is 16.7 Å². The summed E-state index contributed by atoms with van der Waals surface area (Å²) in [4.78, 5) is 38.1. The fraction of sp³-hybridized carbons (Fsp3) is 0.370. The van der Waals surface area contributed by atoms with Gasteiger partial charge in [-0.15, -0.1) is 0 Å². The number of hydrogen-bond acceptors (Lipinski definition) is 6. The first kappa shape index (κ1) is 21.9. The number of carbonyl (C=O) groups is 1. The summed E-state index contributed by atoms with van der Waals surface area (Å²) in [5.74, 6) is 1.57. The number of nitrogens with one attached hydrogen (secondary N) is 1. The van der Waals surface area contributed by atoms with E-state index >= 15 is 0 Å². The summed E-state index contributed by atoms with van der Waals surface area (Å²) in [6.45, 7) is 6.42. The monoisotopic (exact) mass is 467 g/mol. The molecule has 1 aliphatic heterocycles. The average molecular weight is 468 g/mol. The molecule has 178 valence electrons. The molecule has 1 amide bonds. The highest BCUT2D eigenvalue weighted by Crippen LogP contribution is 2.31. The lowest BCUT2D eigenvalue weighted by molar-refractivity contribution is -0.134. The number of hydrogen-bond donors (Lipinski definition) is 1. The van der Waals surface area contributed by atoms with Crippen molar-refractivity contribution in [2.75, 3.05) is 26.2 Å². The van der Waals surface area contributed by atoms with Gasteiger partial charge in [-0.1, -0.05) is 6.07 Å². The van der Waals surface area contributed by atoms with Gasteiger partial charge in [-0.25, -0.2) is 15.0 Å². The van der Waals surface area contributed by atoms with E-state index in [4.69, 9.17) is 4.98 Å². The Morgan fingerprint density at radius 2 is 1.94 bits per heavy atom. The molecule has 3 aromatic heterocycles. The van der Waals surface area contributed by atoms with Gasteiger partial charge >= 0.3 is 0 Å². The highest BCUT2D eigenvalue weighted by Gasteiger charge is 2.34. The Bertz CT molecular complexity index is 1370. The van der Waals surface area contributed by atoms with Crippen LogP contribution in [0.4, 0.5) is 0 Å². The number of aromatic nitrogens is 5. The highest BCUT2D eigenvalue weighted by atomic mass is 16.2. The minimum atomic E-state index is 0.311. The summed E-state index contributed by atoms with van der Waals surface area (Å²) in [6, 6.07) is 10.4. The molecule has 1 saturated carbocycles. The third-order valence-electron chi connectivity index (χ3n) is 6.95. The van der Waals surface area contributed by atoms with Crippen LogP contribution in [0, 0.1) is 12.8 Å². The maximum Gasteiger partial charge on any atom is 0.225 e. The molecule has 35 heavy (non-hydrogen) atoms. The predicted octanol–water partition coefficient (Wildman–Crippen LogP) is 3.37. The molecule has 0 atom stereocenters. The Hall–Kier alpha value is -3.65. The molecule has 2 fully saturated rings. The lowest BCUT2D eigenvalue weighted by Gasteiger charge is -2.35. The van der Waals surface area contributed by atoms with E-state index in [1.165, 1.54) is 5.56 Å². The van der Waals surface area contributed by atoms with Gasteiger partial charge < -0.3 is 9.88 Å². The number of nitrogens with zero attached hydrogens (tertiary/aromatic N) is 6. The number of fused-ring (bicyclic) bond motifs is 1. The van der Waals surface area contributed by atoms with E-state index in [0.717, 1.165) is 84.9 Å². The number of amides is 1. The molecular formula is C27H29N7O. The zero-order valence-electron chi connectivity index (χ0n) is 19.9. The number of piperazine rings is 1. The third kappa shape index (κ3) is 4.79. The number of aryl methyl sites for hydroxylation is 1. The second kappa shape index (κ2) is 9.19. The number of rotatable bonds is 6. The molecule has 0 radical (unpaired) electrons. The van der Waals surface area contributed by atoms with Crippen LogP contribution >= 0.6 is 0 Å². The van der Waals surface area contributed by atoms with Crippen LogP contribution in [-0.2, 0) is 17.8 Å². The summed E-state index contributed by atoms with van der Waals surface area (Å²) >= 11 is 0. The molecule has 4 heterocycles. The van der Waals surface area contributed by atoms with E-state index in [1.54, 1.807) is 6.33 Å². The molecule has 0 bridgehead atoms. The van der Waals surface area contributed by atoms with E-state index in [0.29, 0.717) is 18.2 Å². The molecule has 2 aliphatic rings. The molecule has 1 aromatic carbocycles. The Balaban J connectivity index is 1.12. The topological polar surface area (TPSA) is 90.9 Å². The van der Waals surface area contributed by atoms with E-state index in [1.807, 2.05) is 30.3 Å². The first-order valence-corrected chi connectivity index (χ1v) is 12.3. The van der Waals surface area contributed by atoms with Crippen molar-refractivity contribution in [1.82, 2.24) is 34.7 Å². The van der Waals surface area contributed by atoms with Crippen molar-refractivity contribution >= 4 is 16.9 Å².